The zero-order chi connectivity index (χ0) is 15.9. The van der Waals surface area contributed by atoms with Crippen LogP contribution in [0.2, 0.25) is 0 Å². The molecule has 3 rings (SSSR count). The van der Waals surface area contributed by atoms with Crippen molar-refractivity contribution in [2.24, 2.45) is 0 Å². The predicted octanol–water partition coefficient (Wildman–Crippen LogP) is 3.04. The fourth-order valence-electron chi connectivity index (χ4n) is 2.94. The maximum atomic E-state index is 12.3. The van der Waals surface area contributed by atoms with Crippen LogP contribution in [0.3, 0.4) is 0 Å². The normalized spacial score (nSPS) is 14.5. The van der Waals surface area contributed by atoms with Gasteiger partial charge in [-0.25, -0.2) is 0 Å². The first-order chi connectivity index (χ1) is 11.3. The predicted molar refractivity (Wildman–Crippen MR) is 92.8 cm³/mol. The van der Waals surface area contributed by atoms with E-state index in [1.807, 2.05) is 30.5 Å². The summed E-state index contributed by atoms with van der Waals surface area (Å²) in [6.07, 6.45) is 8.06. The van der Waals surface area contributed by atoms with Crippen molar-refractivity contribution in [3.8, 4) is 0 Å². The van der Waals surface area contributed by atoms with Gasteiger partial charge < -0.3 is 10.2 Å². The molecule has 0 atom stereocenters. The maximum Gasteiger partial charge on any atom is 0.252 e. The second-order valence-corrected chi connectivity index (χ2v) is 5.97. The average molecular weight is 309 g/mol. The lowest BCUT2D eigenvalue weighted by Crippen LogP contribution is -2.30. The third kappa shape index (κ3) is 4.31. The van der Waals surface area contributed by atoms with E-state index in [1.165, 1.54) is 24.8 Å². The van der Waals surface area contributed by atoms with Gasteiger partial charge in [-0.2, -0.15) is 0 Å². The Kier molecular flexibility index (Phi) is 5.25. The number of aromatic nitrogens is 1. The molecule has 0 spiro atoms. The van der Waals surface area contributed by atoms with Crippen LogP contribution >= 0.6 is 0 Å². The van der Waals surface area contributed by atoms with Crippen LogP contribution in [-0.4, -0.2) is 30.5 Å². The number of anilines is 1. The van der Waals surface area contributed by atoms with E-state index in [0.29, 0.717) is 12.1 Å². The molecule has 0 unspecified atom stereocenters. The third-order valence-corrected chi connectivity index (χ3v) is 4.25. The smallest absolute Gasteiger partial charge is 0.252 e. The summed E-state index contributed by atoms with van der Waals surface area (Å²) in [7, 11) is 0. The minimum Gasteiger partial charge on any atom is -0.370 e. The molecule has 1 aliphatic heterocycles. The largest absolute Gasteiger partial charge is 0.370 e. The van der Waals surface area contributed by atoms with Crippen molar-refractivity contribution < 1.29 is 4.79 Å². The molecule has 0 radical (unpaired) electrons. The third-order valence-electron chi connectivity index (χ3n) is 4.25. The summed E-state index contributed by atoms with van der Waals surface area (Å²) < 4.78 is 0. The van der Waals surface area contributed by atoms with E-state index < -0.39 is 0 Å². The number of nitrogens with one attached hydrogen (secondary N) is 1. The van der Waals surface area contributed by atoms with E-state index in [2.05, 4.69) is 27.3 Å². The van der Waals surface area contributed by atoms with E-state index in [0.717, 1.165) is 25.2 Å². The molecule has 1 amide bonds. The Balaban J connectivity index is 1.56. The van der Waals surface area contributed by atoms with Crippen LogP contribution in [0.5, 0.6) is 0 Å². The van der Waals surface area contributed by atoms with Crippen molar-refractivity contribution in [1.82, 2.24) is 10.3 Å². The summed E-state index contributed by atoms with van der Waals surface area (Å²) in [5.74, 6) is -0.0488. The molecule has 1 fully saturated rings. The molecule has 0 bridgehead atoms. The molecular formula is C19H23N3O. The summed E-state index contributed by atoms with van der Waals surface area (Å²) >= 11 is 0. The molecule has 1 aromatic heterocycles. The zero-order valence-electron chi connectivity index (χ0n) is 13.4. The number of hydrogen-bond donors (Lipinski definition) is 1. The van der Waals surface area contributed by atoms with Crippen molar-refractivity contribution in [3.63, 3.8) is 0 Å². The number of carbonyl (C=O) groups is 1. The Morgan fingerprint density at radius 2 is 1.87 bits per heavy atom. The molecular weight excluding hydrogens is 286 g/mol. The van der Waals surface area contributed by atoms with Gasteiger partial charge >= 0.3 is 0 Å². The van der Waals surface area contributed by atoms with E-state index in [9.17, 15) is 4.79 Å². The minimum atomic E-state index is -0.0488. The van der Waals surface area contributed by atoms with Crippen LogP contribution in [0, 0.1) is 0 Å². The quantitative estimate of drug-likeness (QED) is 0.923. The highest BCUT2D eigenvalue weighted by atomic mass is 16.1. The SMILES string of the molecule is O=C(NCCc1ccccc1)c1cncc(N2CCCCC2)c1. The van der Waals surface area contributed by atoms with E-state index in [4.69, 9.17) is 0 Å². The monoisotopic (exact) mass is 309 g/mol. The number of piperidine rings is 1. The van der Waals surface area contributed by atoms with E-state index in [-0.39, 0.29) is 5.91 Å². The van der Waals surface area contributed by atoms with Crippen LogP contribution in [0.4, 0.5) is 5.69 Å². The van der Waals surface area contributed by atoms with Crippen molar-refractivity contribution in [2.75, 3.05) is 24.5 Å². The first-order valence-corrected chi connectivity index (χ1v) is 8.35. The highest BCUT2D eigenvalue weighted by molar-refractivity contribution is 5.94. The second-order valence-electron chi connectivity index (χ2n) is 5.97. The van der Waals surface area contributed by atoms with Crippen LogP contribution in [0.25, 0.3) is 0 Å². The zero-order valence-corrected chi connectivity index (χ0v) is 13.4. The summed E-state index contributed by atoms with van der Waals surface area (Å²) in [5, 5.41) is 2.98. The lowest BCUT2D eigenvalue weighted by atomic mass is 10.1. The van der Waals surface area contributed by atoms with Gasteiger partial charge in [-0.3, -0.25) is 9.78 Å². The number of benzene rings is 1. The number of pyridine rings is 1. The summed E-state index contributed by atoms with van der Waals surface area (Å²) in [6.45, 7) is 2.75. The average Bonchev–Trinajstić information content (AvgIpc) is 2.63. The van der Waals surface area contributed by atoms with Crippen LogP contribution in [0.1, 0.15) is 35.2 Å². The molecule has 2 heterocycles. The van der Waals surface area contributed by atoms with Gasteiger partial charge in [0.2, 0.25) is 0 Å². The first kappa shape index (κ1) is 15.5. The Hall–Kier alpha value is -2.36. The molecule has 4 heteroatoms. The second kappa shape index (κ2) is 7.77. The number of hydrogen-bond acceptors (Lipinski definition) is 3. The summed E-state index contributed by atoms with van der Waals surface area (Å²) in [4.78, 5) is 18.9. The minimum absolute atomic E-state index is 0.0488. The summed E-state index contributed by atoms with van der Waals surface area (Å²) in [6, 6.07) is 12.1. The molecule has 4 nitrogen and oxygen atoms in total. The lowest BCUT2D eigenvalue weighted by Gasteiger charge is -2.28. The van der Waals surface area contributed by atoms with Gasteiger partial charge in [0.15, 0.2) is 0 Å². The number of carbonyl (C=O) groups excluding carboxylic acids is 1. The van der Waals surface area contributed by atoms with Crippen LogP contribution in [0.15, 0.2) is 48.8 Å². The molecule has 120 valence electrons. The lowest BCUT2D eigenvalue weighted by molar-refractivity contribution is 0.0954. The van der Waals surface area contributed by atoms with Gasteiger partial charge in [-0.1, -0.05) is 30.3 Å². The van der Waals surface area contributed by atoms with Crippen molar-refractivity contribution in [2.45, 2.75) is 25.7 Å². The van der Waals surface area contributed by atoms with E-state index in [1.54, 1.807) is 6.20 Å². The van der Waals surface area contributed by atoms with E-state index >= 15 is 0 Å². The fourth-order valence-corrected chi connectivity index (χ4v) is 2.94. The number of nitrogens with zero attached hydrogens (tertiary/aromatic N) is 2. The Morgan fingerprint density at radius 1 is 1.09 bits per heavy atom. The Bertz CT molecular complexity index is 636. The number of rotatable bonds is 5. The molecule has 1 saturated heterocycles. The Labute approximate surface area is 137 Å². The van der Waals surface area contributed by atoms with Crippen LogP contribution in [-0.2, 0) is 6.42 Å². The Morgan fingerprint density at radius 3 is 2.65 bits per heavy atom. The standard InChI is InChI=1S/C19H23N3O/c23-19(21-10-9-16-7-3-1-4-8-16)17-13-18(15-20-14-17)22-11-5-2-6-12-22/h1,3-4,7-8,13-15H,2,5-6,9-12H2,(H,21,23). The van der Waals surface area contributed by atoms with Gasteiger partial charge in [-0.15, -0.1) is 0 Å². The fraction of sp³-hybridized carbons (Fsp3) is 0.368. The molecule has 2 aromatic rings. The maximum absolute atomic E-state index is 12.3. The highest BCUT2D eigenvalue weighted by Crippen LogP contribution is 2.19. The van der Waals surface area contributed by atoms with Crippen LogP contribution < -0.4 is 10.2 Å². The van der Waals surface area contributed by atoms with Crippen molar-refractivity contribution in [1.29, 1.82) is 0 Å². The van der Waals surface area contributed by atoms with Gasteiger partial charge in [0.05, 0.1) is 17.4 Å². The molecule has 23 heavy (non-hydrogen) atoms. The van der Waals surface area contributed by atoms with Crippen molar-refractivity contribution >= 4 is 11.6 Å². The molecule has 1 aromatic carbocycles. The summed E-state index contributed by atoms with van der Waals surface area (Å²) in [5.41, 5.74) is 2.93. The molecule has 1 aliphatic rings. The molecule has 1 N–H and O–H groups in total. The topological polar surface area (TPSA) is 45.2 Å². The first-order valence-electron chi connectivity index (χ1n) is 8.35. The highest BCUT2D eigenvalue weighted by Gasteiger charge is 2.13. The number of amides is 1. The van der Waals surface area contributed by atoms with Gasteiger partial charge in [-0.05, 0) is 37.3 Å². The van der Waals surface area contributed by atoms with Crippen molar-refractivity contribution in [3.05, 3.63) is 59.9 Å². The molecule has 0 saturated carbocycles. The van der Waals surface area contributed by atoms with Gasteiger partial charge in [0.1, 0.15) is 0 Å². The molecule has 0 aliphatic carbocycles. The van der Waals surface area contributed by atoms with Gasteiger partial charge in [0.25, 0.3) is 5.91 Å². The van der Waals surface area contributed by atoms with Gasteiger partial charge in [0, 0.05) is 25.8 Å².